The molecule has 7 heteroatoms. The normalized spacial score (nSPS) is 19.6. The summed E-state index contributed by atoms with van der Waals surface area (Å²) in [5.74, 6) is 0.699. The van der Waals surface area contributed by atoms with Crippen molar-refractivity contribution < 1.29 is 18.7 Å². The number of nitrogens with zero attached hydrogens (tertiary/aromatic N) is 2. The average molecular weight is 339 g/mol. The Morgan fingerprint density at radius 1 is 1.28 bits per heavy atom. The number of ether oxygens (including phenoxy) is 1. The summed E-state index contributed by atoms with van der Waals surface area (Å²) in [7, 11) is 0. The third kappa shape index (κ3) is 3.19. The van der Waals surface area contributed by atoms with Gasteiger partial charge in [-0.05, 0) is 49.7 Å². The molecule has 3 amide bonds. The SMILES string of the molecule is CC1(c2ccco2)NC(=O)N(CCCOc2ccc(C#N)cc2)C1=O. The van der Waals surface area contributed by atoms with Crippen molar-refractivity contribution in [2.75, 3.05) is 13.2 Å². The first-order valence-corrected chi connectivity index (χ1v) is 7.85. The number of benzene rings is 1. The van der Waals surface area contributed by atoms with E-state index in [-0.39, 0.29) is 12.5 Å². The Morgan fingerprint density at radius 2 is 2.04 bits per heavy atom. The van der Waals surface area contributed by atoms with Gasteiger partial charge in [-0.3, -0.25) is 9.69 Å². The van der Waals surface area contributed by atoms with Gasteiger partial charge in [-0.1, -0.05) is 0 Å². The molecule has 1 atom stereocenters. The van der Waals surface area contributed by atoms with Crippen LogP contribution in [0.3, 0.4) is 0 Å². The van der Waals surface area contributed by atoms with Crippen LogP contribution < -0.4 is 10.1 Å². The molecule has 1 aromatic carbocycles. The topological polar surface area (TPSA) is 95.6 Å². The number of carbonyl (C=O) groups is 2. The van der Waals surface area contributed by atoms with Crippen molar-refractivity contribution in [2.45, 2.75) is 18.9 Å². The van der Waals surface area contributed by atoms with Crippen LogP contribution in [-0.2, 0) is 10.3 Å². The van der Waals surface area contributed by atoms with Crippen LogP contribution in [0.25, 0.3) is 0 Å². The maximum Gasteiger partial charge on any atom is 0.325 e. The highest BCUT2D eigenvalue weighted by atomic mass is 16.5. The molecule has 1 N–H and O–H groups in total. The predicted molar refractivity (Wildman–Crippen MR) is 87.6 cm³/mol. The van der Waals surface area contributed by atoms with Gasteiger partial charge in [0.25, 0.3) is 5.91 Å². The maximum absolute atomic E-state index is 12.6. The molecular formula is C18H17N3O4. The average Bonchev–Trinajstić information content (AvgIpc) is 3.23. The van der Waals surface area contributed by atoms with E-state index >= 15 is 0 Å². The van der Waals surface area contributed by atoms with Crippen molar-refractivity contribution in [1.82, 2.24) is 10.2 Å². The fourth-order valence-electron chi connectivity index (χ4n) is 2.67. The standard InChI is InChI=1S/C18H17N3O4/c1-18(15-4-2-10-25-15)16(22)21(17(23)20-18)9-3-11-24-14-7-5-13(12-19)6-8-14/h2,4-8,10H,3,9,11H2,1H3,(H,20,23). The molecule has 1 aliphatic rings. The number of nitrogens with one attached hydrogen (secondary N) is 1. The van der Waals surface area contributed by atoms with Gasteiger partial charge in [-0.2, -0.15) is 5.26 Å². The minimum Gasteiger partial charge on any atom is -0.494 e. The van der Waals surface area contributed by atoms with E-state index < -0.39 is 11.6 Å². The maximum atomic E-state index is 12.6. The van der Waals surface area contributed by atoms with E-state index in [4.69, 9.17) is 14.4 Å². The van der Waals surface area contributed by atoms with Crippen molar-refractivity contribution in [1.29, 1.82) is 5.26 Å². The summed E-state index contributed by atoms with van der Waals surface area (Å²) in [5.41, 5.74) is -0.613. The zero-order valence-corrected chi connectivity index (χ0v) is 13.7. The van der Waals surface area contributed by atoms with Crippen molar-refractivity contribution in [3.8, 4) is 11.8 Å². The third-order valence-corrected chi connectivity index (χ3v) is 4.07. The second-order valence-electron chi connectivity index (χ2n) is 5.83. The number of hydrogen-bond acceptors (Lipinski definition) is 5. The van der Waals surface area contributed by atoms with Crippen LogP contribution in [-0.4, -0.2) is 30.0 Å². The minimum atomic E-state index is -1.17. The Labute approximate surface area is 144 Å². The first-order chi connectivity index (χ1) is 12.0. The molecule has 2 aromatic rings. The Balaban J connectivity index is 1.54. The molecule has 7 nitrogen and oxygen atoms in total. The summed E-state index contributed by atoms with van der Waals surface area (Å²) >= 11 is 0. The highest BCUT2D eigenvalue weighted by Crippen LogP contribution is 2.29. The first-order valence-electron chi connectivity index (χ1n) is 7.85. The van der Waals surface area contributed by atoms with Gasteiger partial charge in [0.2, 0.25) is 0 Å². The van der Waals surface area contributed by atoms with Gasteiger partial charge < -0.3 is 14.5 Å². The highest BCUT2D eigenvalue weighted by molar-refractivity contribution is 6.06. The number of urea groups is 1. The quantitative estimate of drug-likeness (QED) is 0.644. The van der Waals surface area contributed by atoms with Crippen LogP contribution in [0.15, 0.2) is 47.1 Å². The zero-order chi connectivity index (χ0) is 17.9. The van der Waals surface area contributed by atoms with Crippen LogP contribution in [0.4, 0.5) is 4.79 Å². The van der Waals surface area contributed by atoms with Crippen molar-refractivity contribution in [3.63, 3.8) is 0 Å². The smallest absolute Gasteiger partial charge is 0.325 e. The second-order valence-corrected chi connectivity index (χ2v) is 5.83. The van der Waals surface area contributed by atoms with E-state index in [1.54, 1.807) is 43.3 Å². The Kier molecular flexibility index (Phi) is 4.44. The molecule has 1 aromatic heterocycles. The van der Waals surface area contributed by atoms with Crippen molar-refractivity contribution >= 4 is 11.9 Å². The molecule has 1 unspecified atom stereocenters. The summed E-state index contributed by atoms with van der Waals surface area (Å²) < 4.78 is 10.8. The fourth-order valence-corrected chi connectivity index (χ4v) is 2.67. The summed E-state index contributed by atoms with van der Waals surface area (Å²) in [6.07, 6.45) is 1.96. The van der Waals surface area contributed by atoms with Crippen LogP contribution in [0, 0.1) is 11.3 Å². The highest BCUT2D eigenvalue weighted by Gasteiger charge is 2.50. The lowest BCUT2D eigenvalue weighted by molar-refractivity contribution is -0.131. The van der Waals surface area contributed by atoms with E-state index in [1.807, 2.05) is 6.07 Å². The monoisotopic (exact) mass is 339 g/mol. The van der Waals surface area contributed by atoms with E-state index in [0.717, 1.165) is 0 Å². The van der Waals surface area contributed by atoms with E-state index in [1.165, 1.54) is 11.2 Å². The molecule has 1 saturated heterocycles. The molecule has 0 spiro atoms. The minimum absolute atomic E-state index is 0.247. The number of hydrogen-bond donors (Lipinski definition) is 1. The number of carbonyl (C=O) groups excluding carboxylic acids is 2. The Bertz CT molecular complexity index is 808. The molecule has 2 heterocycles. The molecule has 0 bridgehead atoms. The first kappa shape index (κ1) is 16.6. The molecule has 0 saturated carbocycles. The summed E-state index contributed by atoms with van der Waals surface area (Å²) in [4.78, 5) is 25.9. The van der Waals surface area contributed by atoms with Gasteiger partial charge in [-0.15, -0.1) is 0 Å². The molecule has 128 valence electrons. The lowest BCUT2D eigenvalue weighted by atomic mass is 9.99. The van der Waals surface area contributed by atoms with Crippen LogP contribution >= 0.6 is 0 Å². The lowest BCUT2D eigenvalue weighted by Gasteiger charge is -2.19. The van der Waals surface area contributed by atoms with Crippen LogP contribution in [0.1, 0.15) is 24.7 Å². The number of imide groups is 1. The molecule has 3 rings (SSSR count). The molecule has 25 heavy (non-hydrogen) atoms. The van der Waals surface area contributed by atoms with Gasteiger partial charge in [0.15, 0.2) is 5.54 Å². The van der Waals surface area contributed by atoms with E-state index in [9.17, 15) is 9.59 Å². The van der Waals surface area contributed by atoms with Crippen molar-refractivity contribution in [3.05, 3.63) is 54.0 Å². The Morgan fingerprint density at radius 3 is 2.68 bits per heavy atom. The summed E-state index contributed by atoms with van der Waals surface area (Å²) in [5, 5.41) is 11.4. The molecule has 0 aliphatic carbocycles. The van der Waals surface area contributed by atoms with Crippen LogP contribution in [0.5, 0.6) is 5.75 Å². The van der Waals surface area contributed by atoms with Gasteiger partial charge in [0.05, 0.1) is 24.5 Å². The van der Waals surface area contributed by atoms with E-state index in [2.05, 4.69) is 5.32 Å². The fraction of sp³-hybridized carbons (Fsp3) is 0.278. The van der Waals surface area contributed by atoms with Gasteiger partial charge >= 0.3 is 6.03 Å². The van der Waals surface area contributed by atoms with Gasteiger partial charge in [0, 0.05) is 6.54 Å². The van der Waals surface area contributed by atoms with Crippen molar-refractivity contribution in [2.24, 2.45) is 0 Å². The lowest BCUT2D eigenvalue weighted by Crippen LogP contribution is -2.40. The molecule has 0 radical (unpaired) electrons. The largest absolute Gasteiger partial charge is 0.494 e. The zero-order valence-electron chi connectivity index (χ0n) is 13.7. The summed E-state index contributed by atoms with van der Waals surface area (Å²) in [6.45, 7) is 2.22. The van der Waals surface area contributed by atoms with Gasteiger partial charge in [-0.25, -0.2) is 4.79 Å². The number of rotatable bonds is 6. The molecule has 1 fully saturated rings. The van der Waals surface area contributed by atoms with Crippen LogP contribution in [0.2, 0.25) is 0 Å². The third-order valence-electron chi connectivity index (χ3n) is 4.07. The van der Waals surface area contributed by atoms with E-state index in [0.29, 0.717) is 30.1 Å². The number of amides is 3. The summed E-state index contributed by atoms with van der Waals surface area (Å²) in [6, 6.07) is 11.7. The number of nitriles is 1. The molecular weight excluding hydrogens is 322 g/mol. The second kappa shape index (κ2) is 6.69. The number of furan rings is 1. The predicted octanol–water partition coefficient (Wildman–Crippen LogP) is 2.39. The molecule has 1 aliphatic heterocycles. The Hall–Kier alpha value is -3.27. The van der Waals surface area contributed by atoms with Gasteiger partial charge in [0.1, 0.15) is 11.5 Å².